The van der Waals surface area contributed by atoms with E-state index >= 15 is 0 Å². The highest BCUT2D eigenvalue weighted by Crippen LogP contribution is 2.24. The number of aliphatic hydroxyl groups excluding tert-OH is 1. The Bertz CT molecular complexity index is 197. The van der Waals surface area contributed by atoms with Crippen LogP contribution in [0.5, 0.6) is 0 Å². The van der Waals surface area contributed by atoms with Crippen LogP contribution in [0.1, 0.15) is 40.5 Å². The minimum atomic E-state index is -0.858. The van der Waals surface area contributed by atoms with Gasteiger partial charge in [0.1, 0.15) is 0 Å². The lowest BCUT2D eigenvalue weighted by atomic mass is 9.83. The smallest absolute Gasteiger partial charge is 0.239 e. The number of rotatable bonds is 6. The maximum Gasteiger partial charge on any atom is 0.239 e. The van der Waals surface area contributed by atoms with Crippen molar-refractivity contribution in [2.45, 2.75) is 46.1 Å². The molecule has 0 saturated heterocycles. The molecule has 90 valence electrons. The first kappa shape index (κ1) is 14.4. The van der Waals surface area contributed by atoms with Gasteiger partial charge in [0.2, 0.25) is 5.91 Å². The normalized spacial score (nSPS) is 12.7. The largest absolute Gasteiger partial charge is 0.396 e. The summed E-state index contributed by atoms with van der Waals surface area (Å²) >= 11 is 0. The summed E-state index contributed by atoms with van der Waals surface area (Å²) in [6.07, 6.45) is 1.68. The van der Waals surface area contributed by atoms with Crippen LogP contribution in [0.25, 0.3) is 0 Å². The molecular weight excluding hydrogens is 192 g/mol. The van der Waals surface area contributed by atoms with E-state index in [9.17, 15) is 9.90 Å². The molecule has 0 spiro atoms. The van der Waals surface area contributed by atoms with Crippen molar-refractivity contribution >= 4 is 5.91 Å². The van der Waals surface area contributed by atoms with Crippen molar-refractivity contribution in [2.75, 3.05) is 13.2 Å². The van der Waals surface area contributed by atoms with Crippen LogP contribution >= 0.6 is 0 Å². The number of hydrogen-bond acceptors (Lipinski definition) is 3. The zero-order valence-electron chi connectivity index (χ0n) is 10.3. The molecule has 0 atom stereocenters. The Morgan fingerprint density at radius 3 is 2.07 bits per heavy atom. The predicted molar refractivity (Wildman–Crippen MR) is 61.4 cm³/mol. The molecule has 0 fully saturated rings. The van der Waals surface area contributed by atoms with Gasteiger partial charge in [-0.1, -0.05) is 13.8 Å². The molecule has 0 aliphatic heterocycles. The van der Waals surface area contributed by atoms with E-state index in [0.29, 0.717) is 6.54 Å². The number of carbonyl (C=O) groups excluding carboxylic acids is 1. The Morgan fingerprint density at radius 2 is 1.80 bits per heavy atom. The lowest BCUT2D eigenvalue weighted by molar-refractivity contribution is -0.125. The fourth-order valence-electron chi connectivity index (χ4n) is 1.28. The molecule has 0 aliphatic carbocycles. The Hall–Kier alpha value is -0.610. The van der Waals surface area contributed by atoms with Gasteiger partial charge in [-0.2, -0.15) is 0 Å². The monoisotopic (exact) mass is 216 g/mol. The van der Waals surface area contributed by atoms with Crippen LogP contribution in [0.3, 0.4) is 0 Å². The van der Waals surface area contributed by atoms with Gasteiger partial charge in [-0.3, -0.25) is 4.79 Å². The van der Waals surface area contributed by atoms with Gasteiger partial charge in [-0.15, -0.1) is 0 Å². The van der Waals surface area contributed by atoms with Crippen molar-refractivity contribution in [1.29, 1.82) is 0 Å². The summed E-state index contributed by atoms with van der Waals surface area (Å²) < 4.78 is 0. The van der Waals surface area contributed by atoms with Gasteiger partial charge in [0.05, 0.1) is 12.1 Å². The average Bonchev–Trinajstić information content (AvgIpc) is 2.19. The fraction of sp³-hybridized carbons (Fsp3) is 0.909. The minimum Gasteiger partial charge on any atom is -0.396 e. The van der Waals surface area contributed by atoms with Crippen LogP contribution in [0.2, 0.25) is 0 Å². The van der Waals surface area contributed by atoms with E-state index in [1.165, 1.54) is 0 Å². The fourth-order valence-corrected chi connectivity index (χ4v) is 1.28. The number of nitrogens with one attached hydrogen (secondary N) is 1. The van der Waals surface area contributed by atoms with Gasteiger partial charge in [-0.25, -0.2) is 0 Å². The van der Waals surface area contributed by atoms with Gasteiger partial charge >= 0.3 is 0 Å². The summed E-state index contributed by atoms with van der Waals surface area (Å²) in [7, 11) is 0. The van der Waals surface area contributed by atoms with Crippen LogP contribution < -0.4 is 11.1 Å². The van der Waals surface area contributed by atoms with E-state index in [1.54, 1.807) is 13.8 Å². The second-order valence-electron chi connectivity index (χ2n) is 4.77. The van der Waals surface area contributed by atoms with Crippen molar-refractivity contribution < 1.29 is 9.90 Å². The van der Waals surface area contributed by atoms with Crippen LogP contribution in [-0.4, -0.2) is 29.7 Å². The predicted octanol–water partition coefficient (Wildman–Crippen LogP) is 0.639. The highest BCUT2D eigenvalue weighted by Gasteiger charge is 2.28. The molecule has 4 N–H and O–H groups in total. The number of nitrogens with two attached hydrogens (primary N) is 1. The van der Waals surface area contributed by atoms with E-state index in [1.807, 2.05) is 13.8 Å². The molecular formula is C11H24N2O2. The number of carbonyl (C=O) groups is 1. The van der Waals surface area contributed by atoms with E-state index < -0.39 is 5.54 Å². The summed E-state index contributed by atoms with van der Waals surface area (Å²) in [5, 5.41) is 12.1. The lowest BCUT2D eigenvalue weighted by Gasteiger charge is -2.31. The zero-order chi connectivity index (χ0) is 12.1. The van der Waals surface area contributed by atoms with Crippen molar-refractivity contribution in [1.82, 2.24) is 5.32 Å². The summed E-state index contributed by atoms with van der Waals surface area (Å²) in [5.41, 5.74) is 4.59. The summed E-state index contributed by atoms with van der Waals surface area (Å²) in [6.45, 7) is 7.93. The van der Waals surface area contributed by atoms with Crippen molar-refractivity contribution in [3.05, 3.63) is 0 Å². The summed E-state index contributed by atoms with van der Waals surface area (Å²) in [6, 6.07) is 0. The Balaban J connectivity index is 4.29. The summed E-state index contributed by atoms with van der Waals surface area (Å²) in [5.74, 6) is -0.178. The van der Waals surface area contributed by atoms with E-state index in [4.69, 9.17) is 5.73 Å². The maximum atomic E-state index is 11.5. The molecule has 0 rings (SSSR count). The molecule has 15 heavy (non-hydrogen) atoms. The van der Waals surface area contributed by atoms with Gasteiger partial charge < -0.3 is 16.2 Å². The Labute approximate surface area is 92.2 Å². The van der Waals surface area contributed by atoms with Crippen molar-refractivity contribution in [3.63, 3.8) is 0 Å². The highest BCUT2D eigenvalue weighted by atomic mass is 16.3. The topological polar surface area (TPSA) is 75.3 Å². The molecule has 0 bridgehead atoms. The lowest BCUT2D eigenvalue weighted by Crippen LogP contribution is -2.52. The molecule has 0 radical (unpaired) electrons. The molecule has 0 aliphatic rings. The van der Waals surface area contributed by atoms with Crippen LogP contribution in [0.4, 0.5) is 0 Å². The second kappa shape index (κ2) is 5.47. The van der Waals surface area contributed by atoms with Crippen LogP contribution in [0, 0.1) is 5.41 Å². The first-order valence-corrected chi connectivity index (χ1v) is 5.49. The standard InChI is InChI=1S/C11H24N2O2/c1-5-11(6-2,8-14)7-13-9(15)10(3,4)12/h14H,5-8,12H2,1-4H3,(H,13,15). The second-order valence-corrected chi connectivity index (χ2v) is 4.77. The first-order valence-electron chi connectivity index (χ1n) is 5.49. The molecule has 0 aromatic heterocycles. The van der Waals surface area contributed by atoms with Gasteiger partial charge in [0.25, 0.3) is 0 Å². The molecule has 4 nitrogen and oxygen atoms in total. The molecule has 1 amide bonds. The SMILES string of the molecule is CCC(CC)(CO)CNC(=O)C(C)(C)N. The van der Waals surface area contributed by atoms with Crippen molar-refractivity contribution in [2.24, 2.45) is 11.1 Å². The molecule has 0 saturated carbocycles. The summed E-state index contributed by atoms with van der Waals surface area (Å²) in [4.78, 5) is 11.5. The van der Waals surface area contributed by atoms with Gasteiger partial charge in [0.15, 0.2) is 0 Å². The molecule has 0 unspecified atom stereocenters. The third-order valence-electron chi connectivity index (χ3n) is 3.04. The number of aliphatic hydroxyl groups is 1. The van der Waals surface area contributed by atoms with Gasteiger partial charge in [-0.05, 0) is 26.7 Å². The average molecular weight is 216 g/mol. The number of amides is 1. The maximum absolute atomic E-state index is 11.5. The van der Waals surface area contributed by atoms with Crippen LogP contribution in [0.15, 0.2) is 0 Å². The molecule has 4 heteroatoms. The Kier molecular flexibility index (Phi) is 5.24. The molecule has 0 aromatic carbocycles. The van der Waals surface area contributed by atoms with E-state index in [-0.39, 0.29) is 17.9 Å². The van der Waals surface area contributed by atoms with Crippen LogP contribution in [-0.2, 0) is 4.79 Å². The third kappa shape index (κ3) is 4.18. The van der Waals surface area contributed by atoms with Crippen molar-refractivity contribution in [3.8, 4) is 0 Å². The van der Waals surface area contributed by atoms with E-state index in [0.717, 1.165) is 12.8 Å². The first-order chi connectivity index (χ1) is 6.81. The highest BCUT2D eigenvalue weighted by molar-refractivity contribution is 5.85. The van der Waals surface area contributed by atoms with E-state index in [2.05, 4.69) is 5.32 Å². The van der Waals surface area contributed by atoms with Gasteiger partial charge in [0, 0.05) is 12.0 Å². The zero-order valence-corrected chi connectivity index (χ0v) is 10.3. The Morgan fingerprint density at radius 1 is 1.33 bits per heavy atom. The molecule has 0 aromatic rings. The minimum absolute atomic E-state index is 0.0886. The number of hydrogen-bond donors (Lipinski definition) is 3. The molecule has 0 heterocycles. The quantitative estimate of drug-likeness (QED) is 0.610. The third-order valence-corrected chi connectivity index (χ3v) is 3.04.